The highest BCUT2D eigenvalue weighted by molar-refractivity contribution is 6.22. The van der Waals surface area contributed by atoms with Gasteiger partial charge in [0.1, 0.15) is 0 Å². The summed E-state index contributed by atoms with van der Waals surface area (Å²) in [6.07, 6.45) is 0. The molecule has 166 valence electrons. The maximum Gasteiger partial charge on any atom is 0.270 e. The molecule has 1 amide bonds. The number of nitrogens with zero attached hydrogens (tertiary/aromatic N) is 2. The van der Waals surface area contributed by atoms with Crippen LogP contribution in [0.1, 0.15) is 16.7 Å². The molecule has 4 aromatic rings. The first-order valence-corrected chi connectivity index (χ1v) is 10.2. The lowest BCUT2D eigenvalue weighted by Gasteiger charge is -2.09. The molecule has 3 aromatic carbocycles. The summed E-state index contributed by atoms with van der Waals surface area (Å²) < 4.78 is 0. The summed E-state index contributed by atoms with van der Waals surface area (Å²) in [5.41, 5.74) is 8.84. The zero-order valence-corrected chi connectivity index (χ0v) is 17.5. The van der Waals surface area contributed by atoms with Gasteiger partial charge in [0, 0.05) is 35.1 Å². The fourth-order valence-electron chi connectivity index (χ4n) is 3.47. The molecule has 1 aromatic heterocycles. The number of nitro benzene ring substituents is 1. The molecule has 4 rings (SSSR count). The van der Waals surface area contributed by atoms with Gasteiger partial charge in [-0.05, 0) is 23.8 Å². The van der Waals surface area contributed by atoms with Crippen LogP contribution >= 0.6 is 0 Å². The van der Waals surface area contributed by atoms with Crippen molar-refractivity contribution >= 4 is 33.9 Å². The van der Waals surface area contributed by atoms with Gasteiger partial charge in [-0.3, -0.25) is 14.9 Å². The van der Waals surface area contributed by atoms with Gasteiger partial charge in [0.25, 0.3) is 5.69 Å². The Kier molecular flexibility index (Phi) is 6.14. The third-order valence-corrected chi connectivity index (χ3v) is 5.11. The van der Waals surface area contributed by atoms with Crippen molar-refractivity contribution in [1.29, 1.82) is 0 Å². The molecule has 0 fully saturated rings. The van der Waals surface area contributed by atoms with E-state index < -0.39 is 4.92 Å². The van der Waals surface area contributed by atoms with Crippen LogP contribution in [-0.2, 0) is 11.3 Å². The molecule has 9 heteroatoms. The Labute approximate surface area is 188 Å². The molecule has 0 aliphatic rings. The molecular weight excluding hydrogens is 422 g/mol. The summed E-state index contributed by atoms with van der Waals surface area (Å²) in [7, 11) is 0. The maximum atomic E-state index is 11.4. The topological polar surface area (TPSA) is 147 Å². The van der Waals surface area contributed by atoms with Gasteiger partial charge in [-0.2, -0.15) is 0 Å². The second-order valence-electron chi connectivity index (χ2n) is 7.31. The fourth-order valence-corrected chi connectivity index (χ4v) is 3.47. The lowest BCUT2D eigenvalue weighted by Crippen LogP contribution is -2.29. The molecule has 33 heavy (non-hydrogen) atoms. The Morgan fingerprint density at radius 3 is 2.48 bits per heavy atom. The van der Waals surface area contributed by atoms with Crippen LogP contribution in [0.5, 0.6) is 5.88 Å². The summed E-state index contributed by atoms with van der Waals surface area (Å²) in [6, 6.07) is 20.9. The Hall–Kier alpha value is -4.50. The third kappa shape index (κ3) is 4.73. The smallest absolute Gasteiger partial charge is 0.270 e. The highest BCUT2D eigenvalue weighted by Crippen LogP contribution is 2.33. The number of hydrogen-bond donors (Lipinski definition) is 4. The van der Waals surface area contributed by atoms with Gasteiger partial charge < -0.3 is 21.1 Å². The van der Waals surface area contributed by atoms with Crippen molar-refractivity contribution in [3.8, 4) is 5.88 Å². The molecule has 0 bridgehead atoms. The number of carbonyl (C=O) groups is 1. The number of non-ortho nitro benzene ring substituents is 1. The molecule has 0 atom stereocenters. The van der Waals surface area contributed by atoms with E-state index in [9.17, 15) is 20.0 Å². The number of aromatic nitrogens is 1. The van der Waals surface area contributed by atoms with Gasteiger partial charge in [0.15, 0.2) is 5.88 Å². The number of H-pyrrole nitrogens is 1. The minimum Gasteiger partial charge on any atom is -0.494 e. The first kappa shape index (κ1) is 21.7. The minimum absolute atomic E-state index is 0.0743. The lowest BCUT2D eigenvalue weighted by molar-refractivity contribution is -0.384. The monoisotopic (exact) mass is 443 g/mol. The zero-order valence-electron chi connectivity index (χ0n) is 17.5. The van der Waals surface area contributed by atoms with Crippen molar-refractivity contribution in [3.63, 3.8) is 0 Å². The van der Waals surface area contributed by atoms with Gasteiger partial charge in [0.05, 0.1) is 28.4 Å². The number of hydrogen-bond acceptors (Lipinski definition) is 6. The number of rotatable bonds is 7. The second-order valence-corrected chi connectivity index (χ2v) is 7.31. The van der Waals surface area contributed by atoms with E-state index in [4.69, 9.17) is 10.7 Å². The molecule has 0 saturated carbocycles. The standard InChI is InChI=1S/C24H21N5O4/c25-13-21(30)26-14-15-6-8-17(9-7-15)27-23(16-4-2-1-3-5-16)22-19-12-18(29(32)33)10-11-20(19)28-24(22)31/h1-12,28,31H,13-14,25H2,(H,26,30). The lowest BCUT2D eigenvalue weighted by atomic mass is 10.0. The van der Waals surface area contributed by atoms with Crippen LogP contribution < -0.4 is 11.1 Å². The molecule has 1 heterocycles. The number of nitro groups is 1. The molecule has 0 radical (unpaired) electrons. The van der Waals surface area contributed by atoms with Crippen LogP contribution in [-0.4, -0.2) is 33.2 Å². The van der Waals surface area contributed by atoms with Crippen LogP contribution in [0.4, 0.5) is 11.4 Å². The van der Waals surface area contributed by atoms with Gasteiger partial charge >= 0.3 is 0 Å². The normalized spacial score (nSPS) is 11.5. The fraction of sp³-hybridized carbons (Fsp3) is 0.0833. The first-order chi connectivity index (χ1) is 16.0. The number of amides is 1. The van der Waals surface area contributed by atoms with Crippen molar-refractivity contribution in [1.82, 2.24) is 10.3 Å². The number of benzene rings is 3. The Bertz CT molecular complexity index is 1340. The minimum atomic E-state index is -0.477. The predicted octanol–water partition coefficient (Wildman–Crippen LogP) is 3.53. The van der Waals surface area contributed by atoms with E-state index in [0.717, 1.165) is 11.1 Å². The highest BCUT2D eigenvalue weighted by atomic mass is 16.6. The van der Waals surface area contributed by atoms with Crippen LogP contribution in [0.3, 0.4) is 0 Å². The van der Waals surface area contributed by atoms with E-state index in [1.165, 1.54) is 12.1 Å². The predicted molar refractivity (Wildman–Crippen MR) is 126 cm³/mol. The Morgan fingerprint density at radius 1 is 1.09 bits per heavy atom. The van der Waals surface area contributed by atoms with Crippen molar-refractivity contribution in [2.45, 2.75) is 6.54 Å². The number of nitrogens with one attached hydrogen (secondary N) is 2. The average molecular weight is 443 g/mol. The Morgan fingerprint density at radius 2 is 1.82 bits per heavy atom. The van der Waals surface area contributed by atoms with E-state index in [1.54, 1.807) is 18.2 Å². The van der Waals surface area contributed by atoms with Crippen LogP contribution in [0.25, 0.3) is 10.9 Å². The van der Waals surface area contributed by atoms with E-state index >= 15 is 0 Å². The van der Waals surface area contributed by atoms with Gasteiger partial charge in [-0.25, -0.2) is 4.99 Å². The first-order valence-electron chi connectivity index (χ1n) is 10.2. The molecule has 0 saturated heterocycles. The molecule has 0 aliphatic heterocycles. The van der Waals surface area contributed by atoms with Gasteiger partial charge in [-0.15, -0.1) is 0 Å². The SMILES string of the molecule is NCC(=O)NCc1ccc(N=C(c2ccccc2)c2c(O)[nH]c3ccc([N+](=O)[O-])cc23)cc1. The molecular formula is C24H21N5O4. The molecule has 5 N–H and O–H groups in total. The third-order valence-electron chi connectivity index (χ3n) is 5.11. The van der Waals surface area contributed by atoms with Crippen molar-refractivity contribution in [2.75, 3.05) is 6.54 Å². The van der Waals surface area contributed by atoms with Gasteiger partial charge in [0.2, 0.25) is 5.91 Å². The molecule has 0 unspecified atom stereocenters. The largest absolute Gasteiger partial charge is 0.494 e. The summed E-state index contributed by atoms with van der Waals surface area (Å²) in [5, 5.41) is 25.2. The number of carbonyl (C=O) groups excluding carboxylic acids is 1. The number of nitrogens with two attached hydrogens (primary N) is 1. The van der Waals surface area contributed by atoms with Crippen LogP contribution in [0, 0.1) is 10.1 Å². The number of fused-ring (bicyclic) bond motifs is 1. The number of aromatic amines is 1. The molecule has 0 spiro atoms. The van der Waals surface area contributed by atoms with Crippen molar-refractivity contribution < 1.29 is 14.8 Å². The zero-order chi connectivity index (χ0) is 23.4. The summed E-state index contributed by atoms with van der Waals surface area (Å²) in [5.74, 6) is -0.374. The summed E-state index contributed by atoms with van der Waals surface area (Å²) in [4.78, 5) is 29.8. The van der Waals surface area contributed by atoms with E-state index in [1.807, 2.05) is 42.5 Å². The Balaban J connectivity index is 1.80. The van der Waals surface area contributed by atoms with Gasteiger partial charge in [-0.1, -0.05) is 42.5 Å². The quantitative estimate of drug-likeness (QED) is 0.196. The highest BCUT2D eigenvalue weighted by Gasteiger charge is 2.20. The summed E-state index contributed by atoms with van der Waals surface area (Å²) in [6.45, 7) is 0.271. The van der Waals surface area contributed by atoms with Crippen LogP contribution in [0.15, 0.2) is 77.8 Å². The van der Waals surface area contributed by atoms with Crippen molar-refractivity contribution in [2.24, 2.45) is 10.7 Å². The summed E-state index contributed by atoms with van der Waals surface area (Å²) >= 11 is 0. The molecule has 0 aliphatic carbocycles. The molecule has 9 nitrogen and oxygen atoms in total. The maximum absolute atomic E-state index is 11.4. The average Bonchev–Trinajstić information content (AvgIpc) is 3.16. The van der Waals surface area contributed by atoms with E-state index in [2.05, 4.69) is 10.3 Å². The van der Waals surface area contributed by atoms with E-state index in [0.29, 0.717) is 34.4 Å². The van der Waals surface area contributed by atoms with Crippen LogP contribution in [0.2, 0.25) is 0 Å². The second kappa shape index (κ2) is 9.33. The number of aromatic hydroxyl groups is 1. The number of aliphatic imine (C=N–C) groups is 1. The van der Waals surface area contributed by atoms with Crippen molar-refractivity contribution in [3.05, 3.63) is 99.6 Å². The van der Waals surface area contributed by atoms with E-state index in [-0.39, 0.29) is 24.0 Å².